The summed E-state index contributed by atoms with van der Waals surface area (Å²) < 4.78 is 0. The molecule has 2 heteroatoms. The normalized spacial score (nSPS) is 10.7. The minimum Gasteiger partial charge on any atom is -0.508 e. The van der Waals surface area contributed by atoms with Gasteiger partial charge in [0.15, 0.2) is 0 Å². The third-order valence-electron chi connectivity index (χ3n) is 1.81. The maximum Gasteiger partial charge on any atom is 0.115 e. The highest BCUT2D eigenvalue weighted by molar-refractivity contribution is 5.33. The molecule has 0 amide bonds. The Morgan fingerprint density at radius 1 is 1.33 bits per heavy atom. The molecule has 1 N–H and O–H groups in total. The summed E-state index contributed by atoms with van der Waals surface area (Å²) in [5.41, 5.74) is 2.40. The summed E-state index contributed by atoms with van der Waals surface area (Å²) in [5.74, 6) is 0.343. The van der Waals surface area contributed by atoms with Crippen LogP contribution in [0.25, 0.3) is 0 Å². The van der Waals surface area contributed by atoms with E-state index in [1.807, 2.05) is 27.1 Å². The topological polar surface area (TPSA) is 23.5 Å². The van der Waals surface area contributed by atoms with E-state index >= 15 is 0 Å². The summed E-state index contributed by atoms with van der Waals surface area (Å²) in [6, 6.07) is 5.48. The second-order valence-electron chi connectivity index (χ2n) is 3.35. The summed E-state index contributed by atoms with van der Waals surface area (Å²) in [4.78, 5) is 2.11. The molecule has 0 heterocycles. The first kappa shape index (κ1) is 9.07. The molecular weight excluding hydrogens is 150 g/mol. The van der Waals surface area contributed by atoms with Crippen molar-refractivity contribution in [3.63, 3.8) is 0 Å². The number of nitrogens with zero attached hydrogens (tertiary/aromatic N) is 1. The van der Waals surface area contributed by atoms with E-state index in [0.717, 1.165) is 12.1 Å². The number of rotatable bonds is 2. The van der Waals surface area contributed by atoms with Crippen LogP contribution >= 0.6 is 0 Å². The van der Waals surface area contributed by atoms with Crippen molar-refractivity contribution in [1.29, 1.82) is 0 Å². The predicted octanol–water partition coefficient (Wildman–Crippen LogP) is 1.76. The molecule has 0 unspecified atom stereocenters. The Bertz CT molecular complexity index is 269. The third-order valence-corrected chi connectivity index (χ3v) is 1.81. The molecule has 2 nitrogen and oxygen atoms in total. The monoisotopic (exact) mass is 165 g/mol. The predicted molar refractivity (Wildman–Crippen MR) is 50.2 cm³/mol. The first-order valence-electron chi connectivity index (χ1n) is 4.03. The smallest absolute Gasteiger partial charge is 0.115 e. The summed E-state index contributed by atoms with van der Waals surface area (Å²) >= 11 is 0. The summed E-state index contributed by atoms with van der Waals surface area (Å²) in [5, 5.41) is 9.16. The van der Waals surface area contributed by atoms with Gasteiger partial charge in [-0.25, -0.2) is 0 Å². The zero-order chi connectivity index (χ0) is 9.14. The number of aryl methyl sites for hydroxylation is 1. The van der Waals surface area contributed by atoms with Crippen molar-refractivity contribution in [2.75, 3.05) is 14.1 Å². The Morgan fingerprint density at radius 2 is 2.00 bits per heavy atom. The fourth-order valence-electron chi connectivity index (χ4n) is 1.20. The largest absolute Gasteiger partial charge is 0.508 e. The Hall–Kier alpha value is -1.02. The van der Waals surface area contributed by atoms with E-state index in [1.165, 1.54) is 5.56 Å². The number of phenols is 1. The van der Waals surface area contributed by atoms with Crippen molar-refractivity contribution in [3.05, 3.63) is 29.3 Å². The van der Waals surface area contributed by atoms with Crippen molar-refractivity contribution in [2.24, 2.45) is 0 Å². The lowest BCUT2D eigenvalue weighted by Gasteiger charge is -2.11. The lowest BCUT2D eigenvalue weighted by molar-refractivity contribution is 0.401. The van der Waals surface area contributed by atoms with E-state index in [9.17, 15) is 0 Å². The Balaban J connectivity index is 2.86. The number of hydrogen-bond acceptors (Lipinski definition) is 2. The zero-order valence-corrected chi connectivity index (χ0v) is 7.83. The summed E-state index contributed by atoms with van der Waals surface area (Å²) in [6.07, 6.45) is 0. The van der Waals surface area contributed by atoms with Gasteiger partial charge in [-0.1, -0.05) is 6.07 Å². The number of aromatic hydroxyl groups is 1. The minimum atomic E-state index is 0.343. The molecule has 0 aliphatic carbocycles. The summed E-state index contributed by atoms with van der Waals surface area (Å²) in [6.45, 7) is 2.94. The van der Waals surface area contributed by atoms with Crippen LogP contribution in [0.5, 0.6) is 5.75 Å². The SMILES string of the molecule is Cc1cc(O)ccc1CN(C)C. The van der Waals surface area contributed by atoms with Crippen molar-refractivity contribution in [2.45, 2.75) is 13.5 Å². The molecule has 0 spiro atoms. The molecule has 0 saturated carbocycles. The molecular formula is C10H15NO. The van der Waals surface area contributed by atoms with Crippen molar-refractivity contribution < 1.29 is 5.11 Å². The zero-order valence-electron chi connectivity index (χ0n) is 7.83. The van der Waals surface area contributed by atoms with Gasteiger partial charge in [0.05, 0.1) is 0 Å². The van der Waals surface area contributed by atoms with Crippen LogP contribution in [0, 0.1) is 6.92 Å². The van der Waals surface area contributed by atoms with E-state index in [1.54, 1.807) is 12.1 Å². The van der Waals surface area contributed by atoms with E-state index in [4.69, 9.17) is 5.11 Å². The number of phenolic OH excluding ortho intramolecular Hbond substituents is 1. The molecule has 0 aromatic heterocycles. The number of benzene rings is 1. The second kappa shape index (κ2) is 3.59. The highest BCUT2D eigenvalue weighted by atomic mass is 16.3. The highest BCUT2D eigenvalue weighted by Crippen LogP contribution is 2.16. The van der Waals surface area contributed by atoms with Crippen LogP contribution in [0.3, 0.4) is 0 Å². The fraction of sp³-hybridized carbons (Fsp3) is 0.400. The van der Waals surface area contributed by atoms with Gasteiger partial charge in [-0.2, -0.15) is 0 Å². The van der Waals surface area contributed by atoms with Crippen molar-refractivity contribution >= 4 is 0 Å². The molecule has 0 aliphatic rings. The molecule has 0 radical (unpaired) electrons. The molecule has 0 fully saturated rings. The van der Waals surface area contributed by atoms with Gasteiger partial charge >= 0.3 is 0 Å². The Morgan fingerprint density at radius 3 is 2.50 bits per heavy atom. The van der Waals surface area contributed by atoms with E-state index in [0.29, 0.717) is 5.75 Å². The molecule has 0 atom stereocenters. The van der Waals surface area contributed by atoms with Gasteiger partial charge in [-0.05, 0) is 44.3 Å². The van der Waals surface area contributed by atoms with Gasteiger partial charge in [-0.3, -0.25) is 0 Å². The molecule has 12 heavy (non-hydrogen) atoms. The molecule has 1 aromatic rings. The lowest BCUT2D eigenvalue weighted by Crippen LogP contribution is -2.11. The van der Waals surface area contributed by atoms with Crippen LogP contribution in [0.4, 0.5) is 0 Å². The maximum atomic E-state index is 9.16. The molecule has 0 aliphatic heterocycles. The van der Waals surface area contributed by atoms with E-state index in [2.05, 4.69) is 4.90 Å². The second-order valence-corrected chi connectivity index (χ2v) is 3.35. The average molecular weight is 165 g/mol. The quantitative estimate of drug-likeness (QED) is 0.721. The maximum absolute atomic E-state index is 9.16. The number of hydrogen-bond donors (Lipinski definition) is 1. The first-order valence-corrected chi connectivity index (χ1v) is 4.03. The van der Waals surface area contributed by atoms with Crippen LogP contribution in [0.15, 0.2) is 18.2 Å². The fourth-order valence-corrected chi connectivity index (χ4v) is 1.20. The van der Waals surface area contributed by atoms with Gasteiger partial charge < -0.3 is 10.0 Å². The Kier molecular flexibility index (Phi) is 2.71. The van der Waals surface area contributed by atoms with Crippen molar-refractivity contribution in [3.8, 4) is 5.75 Å². The average Bonchev–Trinajstić information content (AvgIpc) is 1.94. The van der Waals surface area contributed by atoms with Crippen LogP contribution in [-0.4, -0.2) is 24.1 Å². The van der Waals surface area contributed by atoms with Crippen LogP contribution in [0.1, 0.15) is 11.1 Å². The van der Waals surface area contributed by atoms with Gasteiger partial charge in [-0.15, -0.1) is 0 Å². The van der Waals surface area contributed by atoms with E-state index in [-0.39, 0.29) is 0 Å². The highest BCUT2D eigenvalue weighted by Gasteiger charge is 1.99. The Labute approximate surface area is 73.4 Å². The molecule has 1 aromatic carbocycles. The van der Waals surface area contributed by atoms with E-state index < -0.39 is 0 Å². The molecule has 66 valence electrons. The first-order chi connectivity index (χ1) is 5.59. The van der Waals surface area contributed by atoms with Gasteiger partial charge in [0.1, 0.15) is 5.75 Å². The van der Waals surface area contributed by atoms with Gasteiger partial charge in [0, 0.05) is 6.54 Å². The summed E-state index contributed by atoms with van der Waals surface area (Å²) in [7, 11) is 4.07. The molecule has 0 bridgehead atoms. The third kappa shape index (κ3) is 2.24. The lowest BCUT2D eigenvalue weighted by atomic mass is 10.1. The van der Waals surface area contributed by atoms with Crippen LogP contribution < -0.4 is 0 Å². The minimum absolute atomic E-state index is 0.343. The van der Waals surface area contributed by atoms with Gasteiger partial charge in [0.25, 0.3) is 0 Å². The standard InChI is InChI=1S/C10H15NO/c1-8-6-10(12)5-4-9(8)7-11(2)3/h4-6,12H,7H2,1-3H3. The van der Waals surface area contributed by atoms with Crippen LogP contribution in [0.2, 0.25) is 0 Å². The molecule has 1 rings (SSSR count). The van der Waals surface area contributed by atoms with Crippen molar-refractivity contribution in [1.82, 2.24) is 4.90 Å². The molecule has 0 saturated heterocycles. The van der Waals surface area contributed by atoms with Crippen LogP contribution in [-0.2, 0) is 6.54 Å². The van der Waals surface area contributed by atoms with Gasteiger partial charge in [0.2, 0.25) is 0 Å².